The van der Waals surface area contributed by atoms with E-state index >= 15 is 4.39 Å². The number of anilines is 3. The van der Waals surface area contributed by atoms with Gasteiger partial charge in [-0.1, -0.05) is 0 Å². The number of pyridine rings is 3. The van der Waals surface area contributed by atoms with Gasteiger partial charge in [0, 0.05) is 51.6 Å². The number of rotatable bonds is 9. The first-order chi connectivity index (χ1) is 18.8. The molecule has 1 fully saturated rings. The van der Waals surface area contributed by atoms with Gasteiger partial charge in [-0.05, 0) is 18.2 Å². The molecule has 0 bridgehead atoms. The molecule has 0 radical (unpaired) electrons. The number of methoxy groups -OCH3 is 1. The molecule has 12 nitrogen and oxygen atoms in total. The summed E-state index contributed by atoms with van der Waals surface area (Å²) < 4.78 is 21.5. The number of fused-ring (bicyclic) bond motifs is 1. The summed E-state index contributed by atoms with van der Waals surface area (Å²) in [5, 5.41) is 14.1. The third-order valence-corrected chi connectivity index (χ3v) is 7.16. The van der Waals surface area contributed by atoms with Gasteiger partial charge in [0.2, 0.25) is 11.3 Å². The molecule has 0 spiro atoms. The van der Waals surface area contributed by atoms with E-state index < -0.39 is 28.7 Å². The Morgan fingerprint density at radius 2 is 2.10 bits per heavy atom. The predicted octanol–water partition coefficient (Wildman–Crippen LogP) is 2.23. The van der Waals surface area contributed by atoms with Crippen LogP contribution in [-0.2, 0) is 9.53 Å². The van der Waals surface area contributed by atoms with E-state index in [0.29, 0.717) is 24.1 Å². The first kappa shape index (κ1) is 26.2. The van der Waals surface area contributed by atoms with Crippen molar-refractivity contribution >= 4 is 51.6 Å². The smallest absolute Gasteiger partial charge is 0.341 e. The van der Waals surface area contributed by atoms with Crippen molar-refractivity contribution in [1.29, 1.82) is 0 Å². The number of hydrogen-bond acceptors (Lipinski definition) is 10. The van der Waals surface area contributed by atoms with E-state index in [9.17, 15) is 19.5 Å². The molecule has 0 aliphatic carbocycles. The molecule has 14 heteroatoms. The highest BCUT2D eigenvalue weighted by atomic mass is 32.1. The van der Waals surface area contributed by atoms with Crippen LogP contribution in [0.2, 0.25) is 0 Å². The molecule has 202 valence electrons. The van der Waals surface area contributed by atoms with E-state index in [4.69, 9.17) is 4.74 Å². The molecular weight excluding hydrogens is 529 g/mol. The van der Waals surface area contributed by atoms with Crippen LogP contribution in [0, 0.1) is 11.7 Å². The summed E-state index contributed by atoms with van der Waals surface area (Å²) in [4.78, 5) is 53.5. The molecule has 0 aromatic carbocycles. The van der Waals surface area contributed by atoms with Gasteiger partial charge in [0.1, 0.15) is 11.4 Å². The van der Waals surface area contributed by atoms with Gasteiger partial charge in [0.25, 0.3) is 0 Å². The number of aromatic carboxylic acids is 1. The SMILES string of the molecule is COCCN(C)c1ccc(NC(=O)C2CN(c3nc4c(cc3F)c(=O)c(C(=O)O)cn4-c3nccs3)C2)nc1. The number of likely N-dealkylation sites (N-methyl/N-ethyl adjacent to an activating group) is 1. The average molecular weight is 554 g/mol. The number of carbonyl (C=O) groups excluding carboxylic acids is 1. The van der Waals surface area contributed by atoms with E-state index in [-0.39, 0.29) is 35.8 Å². The van der Waals surface area contributed by atoms with Crippen LogP contribution in [-0.4, -0.2) is 76.9 Å². The molecule has 0 unspecified atom stereocenters. The van der Waals surface area contributed by atoms with Gasteiger partial charge in [-0.25, -0.2) is 24.1 Å². The first-order valence-corrected chi connectivity index (χ1v) is 12.8. The van der Waals surface area contributed by atoms with Gasteiger partial charge in [0.05, 0.1) is 29.8 Å². The minimum atomic E-state index is -1.43. The lowest BCUT2D eigenvalue weighted by Gasteiger charge is -2.39. The topological polar surface area (TPSA) is 143 Å². The molecular formula is C25H24FN7O5S. The maximum absolute atomic E-state index is 15.1. The molecule has 4 aromatic rings. The summed E-state index contributed by atoms with van der Waals surface area (Å²) >= 11 is 1.21. The first-order valence-electron chi connectivity index (χ1n) is 11.9. The number of thiazole rings is 1. The van der Waals surface area contributed by atoms with Crippen molar-refractivity contribution in [2.24, 2.45) is 5.92 Å². The Bertz CT molecular complexity index is 1590. The van der Waals surface area contributed by atoms with Crippen molar-refractivity contribution in [3.05, 3.63) is 63.8 Å². The molecule has 2 N–H and O–H groups in total. The highest BCUT2D eigenvalue weighted by molar-refractivity contribution is 7.12. The lowest BCUT2D eigenvalue weighted by Crippen LogP contribution is -2.52. The number of carboxylic acids is 1. The zero-order valence-electron chi connectivity index (χ0n) is 21.0. The standard InChI is InChI=1S/C25H24FN7O5S/c1-31(6-7-38-2)15-3-4-19(28-10-15)29-23(35)14-11-32(12-14)22-18(26)9-16-20(34)17(24(36)37)13-33(21(16)30-22)25-27-5-8-39-25/h3-5,8-10,13-14H,6-7,11-12H2,1-2H3,(H,36,37)(H,28,29,35). The largest absolute Gasteiger partial charge is 0.477 e. The fourth-order valence-electron chi connectivity index (χ4n) is 4.16. The van der Waals surface area contributed by atoms with E-state index in [2.05, 4.69) is 20.3 Å². The molecule has 0 saturated carbocycles. The fourth-order valence-corrected chi connectivity index (χ4v) is 4.78. The molecule has 1 amide bonds. The van der Waals surface area contributed by atoms with Gasteiger partial charge in [-0.3, -0.25) is 14.2 Å². The number of carbonyl (C=O) groups is 2. The van der Waals surface area contributed by atoms with Gasteiger partial charge >= 0.3 is 5.97 Å². The van der Waals surface area contributed by atoms with Crippen molar-refractivity contribution < 1.29 is 23.8 Å². The second-order valence-corrected chi connectivity index (χ2v) is 9.81. The molecule has 39 heavy (non-hydrogen) atoms. The number of aromatic nitrogens is 4. The van der Waals surface area contributed by atoms with E-state index in [1.807, 2.05) is 18.0 Å². The molecule has 1 saturated heterocycles. The van der Waals surface area contributed by atoms with Gasteiger partial charge in [0.15, 0.2) is 22.4 Å². The maximum Gasteiger partial charge on any atom is 0.341 e. The van der Waals surface area contributed by atoms with Crippen LogP contribution < -0.4 is 20.5 Å². The Morgan fingerprint density at radius 1 is 1.31 bits per heavy atom. The molecule has 0 atom stereocenters. The molecule has 1 aliphatic heterocycles. The number of hydrogen-bond donors (Lipinski definition) is 2. The van der Waals surface area contributed by atoms with E-state index in [1.54, 1.807) is 29.7 Å². The highest BCUT2D eigenvalue weighted by Gasteiger charge is 2.35. The van der Waals surface area contributed by atoms with Crippen LogP contribution in [0.5, 0.6) is 0 Å². The third-order valence-electron chi connectivity index (χ3n) is 6.39. The predicted molar refractivity (Wildman–Crippen MR) is 144 cm³/mol. The number of carboxylic acid groups (broad SMARTS) is 1. The minimum Gasteiger partial charge on any atom is -0.477 e. The van der Waals surface area contributed by atoms with Crippen LogP contribution >= 0.6 is 11.3 Å². The van der Waals surface area contributed by atoms with Crippen molar-refractivity contribution in [3.63, 3.8) is 0 Å². The van der Waals surface area contributed by atoms with E-state index in [0.717, 1.165) is 18.0 Å². The summed E-state index contributed by atoms with van der Waals surface area (Å²) in [7, 11) is 3.55. The molecule has 1 aliphatic rings. The van der Waals surface area contributed by atoms with Gasteiger partial charge in [-0.15, -0.1) is 11.3 Å². The fraction of sp³-hybridized carbons (Fsp3) is 0.280. The van der Waals surface area contributed by atoms with Crippen LogP contribution in [0.3, 0.4) is 0 Å². The summed E-state index contributed by atoms with van der Waals surface area (Å²) in [6, 6.07) is 4.54. The maximum atomic E-state index is 15.1. The van der Waals surface area contributed by atoms with Crippen molar-refractivity contribution in [2.45, 2.75) is 0 Å². The van der Waals surface area contributed by atoms with Crippen LogP contribution in [0.4, 0.5) is 21.7 Å². The monoisotopic (exact) mass is 553 g/mol. The van der Waals surface area contributed by atoms with Crippen LogP contribution in [0.25, 0.3) is 16.2 Å². The minimum absolute atomic E-state index is 0.0408. The van der Waals surface area contributed by atoms with Crippen LogP contribution in [0.1, 0.15) is 10.4 Å². The zero-order chi connectivity index (χ0) is 27.7. The Kier molecular flexibility index (Phi) is 7.21. The Balaban J connectivity index is 1.33. The molecule has 5 rings (SSSR count). The van der Waals surface area contributed by atoms with Crippen molar-refractivity contribution in [3.8, 4) is 5.13 Å². The quantitative estimate of drug-likeness (QED) is 0.317. The van der Waals surface area contributed by atoms with Crippen molar-refractivity contribution in [1.82, 2.24) is 19.5 Å². The summed E-state index contributed by atoms with van der Waals surface area (Å²) in [6.07, 6.45) is 4.32. The Hall–Kier alpha value is -4.43. The third kappa shape index (κ3) is 5.15. The number of ether oxygens (including phenoxy) is 1. The average Bonchev–Trinajstić information content (AvgIpc) is 3.42. The number of halogens is 1. The normalized spacial score (nSPS) is 13.4. The molecule has 5 heterocycles. The second kappa shape index (κ2) is 10.7. The van der Waals surface area contributed by atoms with Gasteiger partial charge in [-0.2, -0.15) is 0 Å². The van der Waals surface area contributed by atoms with E-state index in [1.165, 1.54) is 22.1 Å². The van der Waals surface area contributed by atoms with Crippen LogP contribution in [0.15, 0.2) is 47.0 Å². The summed E-state index contributed by atoms with van der Waals surface area (Å²) in [5.41, 5.74) is -0.406. The Labute approximate surface area is 225 Å². The number of nitrogens with zero attached hydrogens (tertiary/aromatic N) is 6. The number of amides is 1. The summed E-state index contributed by atoms with van der Waals surface area (Å²) in [5.74, 6) is -2.55. The van der Waals surface area contributed by atoms with Crippen molar-refractivity contribution in [2.75, 3.05) is 55.5 Å². The Morgan fingerprint density at radius 3 is 2.74 bits per heavy atom. The highest BCUT2D eigenvalue weighted by Crippen LogP contribution is 2.29. The summed E-state index contributed by atoms with van der Waals surface area (Å²) in [6.45, 7) is 1.68. The lowest BCUT2D eigenvalue weighted by atomic mass is 9.99. The zero-order valence-corrected chi connectivity index (χ0v) is 21.8. The number of nitrogens with one attached hydrogen (secondary N) is 1. The molecule has 4 aromatic heterocycles. The lowest BCUT2D eigenvalue weighted by molar-refractivity contribution is -0.120. The van der Waals surface area contributed by atoms with Gasteiger partial charge < -0.3 is 25.0 Å². The second-order valence-electron chi connectivity index (χ2n) is 8.93.